The standard InChI is InChI=1S/C14H9ClIN3/c1-8-5-11(9-3-2-4-10(16)6-9)19-13-12(8)17-7-18-14(13)15/h2-7H,1H3. The van der Waals surface area contributed by atoms with Crippen LogP contribution >= 0.6 is 34.2 Å². The number of hydrogen-bond acceptors (Lipinski definition) is 3. The molecule has 0 atom stereocenters. The van der Waals surface area contributed by atoms with Crippen molar-refractivity contribution < 1.29 is 0 Å². The Morgan fingerprint density at radius 3 is 2.74 bits per heavy atom. The highest BCUT2D eigenvalue weighted by molar-refractivity contribution is 14.1. The van der Waals surface area contributed by atoms with Gasteiger partial charge in [-0.05, 0) is 53.3 Å². The van der Waals surface area contributed by atoms with Crippen LogP contribution in [0, 0.1) is 10.5 Å². The summed E-state index contributed by atoms with van der Waals surface area (Å²) in [6.07, 6.45) is 1.46. The summed E-state index contributed by atoms with van der Waals surface area (Å²) in [6.45, 7) is 2.00. The van der Waals surface area contributed by atoms with Crippen molar-refractivity contribution in [1.82, 2.24) is 15.0 Å². The van der Waals surface area contributed by atoms with E-state index >= 15 is 0 Å². The van der Waals surface area contributed by atoms with Crippen molar-refractivity contribution in [2.45, 2.75) is 6.92 Å². The van der Waals surface area contributed by atoms with Crippen molar-refractivity contribution in [3.8, 4) is 11.3 Å². The maximum absolute atomic E-state index is 6.10. The van der Waals surface area contributed by atoms with Crippen LogP contribution in [0.25, 0.3) is 22.3 Å². The first kappa shape index (κ1) is 12.7. The number of halogens is 2. The van der Waals surface area contributed by atoms with Gasteiger partial charge in [-0.15, -0.1) is 0 Å². The van der Waals surface area contributed by atoms with Gasteiger partial charge in [0.25, 0.3) is 0 Å². The zero-order chi connectivity index (χ0) is 13.4. The van der Waals surface area contributed by atoms with Crippen LogP contribution in [0.3, 0.4) is 0 Å². The van der Waals surface area contributed by atoms with E-state index < -0.39 is 0 Å². The molecular weight excluding hydrogens is 373 g/mol. The Kier molecular flexibility index (Phi) is 3.36. The molecule has 19 heavy (non-hydrogen) atoms. The molecule has 3 rings (SSSR count). The third-order valence-corrected chi connectivity index (χ3v) is 3.80. The Morgan fingerprint density at radius 2 is 1.95 bits per heavy atom. The molecule has 2 aromatic heterocycles. The summed E-state index contributed by atoms with van der Waals surface area (Å²) in [5.74, 6) is 0. The minimum absolute atomic E-state index is 0.389. The molecule has 0 saturated carbocycles. The topological polar surface area (TPSA) is 38.7 Å². The Balaban J connectivity index is 2.29. The molecule has 1 aromatic carbocycles. The zero-order valence-corrected chi connectivity index (χ0v) is 13.0. The first-order valence-electron chi connectivity index (χ1n) is 5.69. The summed E-state index contributed by atoms with van der Waals surface area (Å²) in [7, 11) is 0. The Hall–Kier alpha value is -1.27. The lowest BCUT2D eigenvalue weighted by Crippen LogP contribution is -1.93. The number of aromatic nitrogens is 3. The van der Waals surface area contributed by atoms with Crippen molar-refractivity contribution in [1.29, 1.82) is 0 Å². The fourth-order valence-corrected chi connectivity index (χ4v) is 2.69. The molecule has 0 N–H and O–H groups in total. The Morgan fingerprint density at radius 1 is 1.11 bits per heavy atom. The van der Waals surface area contributed by atoms with E-state index in [-0.39, 0.29) is 0 Å². The predicted molar refractivity (Wildman–Crippen MR) is 85.2 cm³/mol. The fraction of sp³-hybridized carbons (Fsp3) is 0.0714. The second kappa shape index (κ2) is 5.02. The molecule has 0 spiro atoms. The van der Waals surface area contributed by atoms with Gasteiger partial charge in [0.15, 0.2) is 5.15 Å². The minimum Gasteiger partial charge on any atom is -0.243 e. The molecule has 0 radical (unpaired) electrons. The average molecular weight is 382 g/mol. The number of aryl methyl sites for hydroxylation is 1. The third kappa shape index (κ3) is 2.42. The van der Waals surface area contributed by atoms with Crippen LogP contribution in [-0.2, 0) is 0 Å². The largest absolute Gasteiger partial charge is 0.243 e. The summed E-state index contributed by atoms with van der Waals surface area (Å²) in [6, 6.07) is 10.2. The highest BCUT2D eigenvalue weighted by Crippen LogP contribution is 2.26. The molecule has 2 heterocycles. The maximum Gasteiger partial charge on any atom is 0.158 e. The predicted octanol–water partition coefficient (Wildman–Crippen LogP) is 4.26. The molecular formula is C14H9ClIN3. The summed E-state index contributed by atoms with van der Waals surface area (Å²) >= 11 is 8.39. The number of pyridine rings is 1. The van der Waals surface area contributed by atoms with Gasteiger partial charge in [-0.1, -0.05) is 23.7 Å². The van der Waals surface area contributed by atoms with Crippen molar-refractivity contribution in [3.05, 3.63) is 50.9 Å². The van der Waals surface area contributed by atoms with Gasteiger partial charge in [0.1, 0.15) is 11.8 Å². The van der Waals surface area contributed by atoms with Crippen molar-refractivity contribution in [2.24, 2.45) is 0 Å². The smallest absolute Gasteiger partial charge is 0.158 e. The van der Waals surface area contributed by atoms with E-state index in [2.05, 4.69) is 43.6 Å². The highest BCUT2D eigenvalue weighted by Gasteiger charge is 2.09. The molecule has 3 aromatic rings. The number of rotatable bonds is 1. The number of benzene rings is 1. The Labute approximate surface area is 129 Å². The van der Waals surface area contributed by atoms with Gasteiger partial charge in [-0.3, -0.25) is 0 Å². The molecule has 0 unspecified atom stereocenters. The van der Waals surface area contributed by atoms with E-state index in [1.54, 1.807) is 0 Å². The van der Waals surface area contributed by atoms with Crippen molar-refractivity contribution in [3.63, 3.8) is 0 Å². The van der Waals surface area contributed by atoms with Crippen LogP contribution in [0.2, 0.25) is 5.15 Å². The van der Waals surface area contributed by atoms with Crippen LogP contribution in [0.4, 0.5) is 0 Å². The second-order valence-electron chi connectivity index (χ2n) is 4.20. The first-order chi connectivity index (χ1) is 9.15. The normalized spacial score (nSPS) is 10.9. The highest BCUT2D eigenvalue weighted by atomic mass is 127. The zero-order valence-electron chi connectivity index (χ0n) is 10.1. The van der Waals surface area contributed by atoms with Gasteiger partial charge in [-0.25, -0.2) is 15.0 Å². The van der Waals surface area contributed by atoms with Crippen LogP contribution in [0.1, 0.15) is 5.56 Å². The lowest BCUT2D eigenvalue weighted by atomic mass is 10.1. The van der Waals surface area contributed by atoms with Crippen LogP contribution in [-0.4, -0.2) is 15.0 Å². The molecule has 0 saturated heterocycles. The molecule has 94 valence electrons. The summed E-state index contributed by atoms with van der Waals surface area (Å²) in [5, 5.41) is 0.389. The van der Waals surface area contributed by atoms with Gasteiger partial charge >= 0.3 is 0 Å². The van der Waals surface area contributed by atoms with Gasteiger partial charge in [-0.2, -0.15) is 0 Å². The van der Waals surface area contributed by atoms with E-state index in [4.69, 9.17) is 11.6 Å². The van der Waals surface area contributed by atoms with Crippen LogP contribution < -0.4 is 0 Å². The summed E-state index contributed by atoms with van der Waals surface area (Å²) in [5.41, 5.74) is 4.45. The lowest BCUT2D eigenvalue weighted by Gasteiger charge is -2.07. The van der Waals surface area contributed by atoms with Gasteiger partial charge < -0.3 is 0 Å². The fourth-order valence-electron chi connectivity index (χ4n) is 1.97. The monoisotopic (exact) mass is 381 g/mol. The number of fused-ring (bicyclic) bond motifs is 1. The average Bonchev–Trinajstić information content (AvgIpc) is 2.40. The van der Waals surface area contributed by atoms with E-state index in [1.165, 1.54) is 9.90 Å². The molecule has 3 nitrogen and oxygen atoms in total. The van der Waals surface area contributed by atoms with E-state index in [1.807, 2.05) is 31.2 Å². The lowest BCUT2D eigenvalue weighted by molar-refractivity contribution is 1.18. The summed E-state index contributed by atoms with van der Waals surface area (Å²) in [4.78, 5) is 12.8. The van der Waals surface area contributed by atoms with E-state index in [9.17, 15) is 0 Å². The minimum atomic E-state index is 0.389. The summed E-state index contributed by atoms with van der Waals surface area (Å²) < 4.78 is 1.17. The number of hydrogen-bond donors (Lipinski definition) is 0. The van der Waals surface area contributed by atoms with Crippen LogP contribution in [0.15, 0.2) is 36.7 Å². The number of nitrogens with zero attached hydrogens (tertiary/aromatic N) is 3. The molecule has 0 fully saturated rings. The molecule has 0 amide bonds. The molecule has 0 aliphatic rings. The van der Waals surface area contributed by atoms with Gasteiger partial charge in [0.05, 0.1) is 11.2 Å². The van der Waals surface area contributed by atoms with Crippen molar-refractivity contribution in [2.75, 3.05) is 0 Å². The van der Waals surface area contributed by atoms with Crippen molar-refractivity contribution >= 4 is 45.2 Å². The van der Waals surface area contributed by atoms with Gasteiger partial charge in [0, 0.05) is 9.13 Å². The molecule has 5 heteroatoms. The van der Waals surface area contributed by atoms with Gasteiger partial charge in [0.2, 0.25) is 0 Å². The second-order valence-corrected chi connectivity index (χ2v) is 5.80. The maximum atomic E-state index is 6.10. The molecule has 0 aliphatic carbocycles. The Bertz CT molecular complexity index is 774. The quantitative estimate of drug-likeness (QED) is 0.467. The van der Waals surface area contributed by atoms with E-state index in [0.717, 1.165) is 22.3 Å². The molecule has 0 bridgehead atoms. The first-order valence-corrected chi connectivity index (χ1v) is 7.14. The molecule has 0 aliphatic heterocycles. The third-order valence-electron chi connectivity index (χ3n) is 2.86. The van der Waals surface area contributed by atoms with Crippen LogP contribution in [0.5, 0.6) is 0 Å². The van der Waals surface area contributed by atoms with E-state index in [0.29, 0.717) is 10.7 Å². The SMILES string of the molecule is Cc1cc(-c2cccc(I)c2)nc2c(Cl)ncnc12.